The molecule has 0 bridgehead atoms. The highest BCUT2D eigenvalue weighted by atomic mass is 19.1. The Hall–Kier alpha value is -2.76. The van der Waals surface area contributed by atoms with Crippen LogP contribution in [0.25, 0.3) is 11.4 Å². The molecule has 1 atom stereocenters. The van der Waals surface area contributed by atoms with E-state index < -0.39 is 5.82 Å². The molecule has 0 aliphatic carbocycles. The average Bonchev–Trinajstić information content (AvgIpc) is 2.99. The summed E-state index contributed by atoms with van der Waals surface area (Å²) in [5, 5.41) is 11.8. The van der Waals surface area contributed by atoms with Gasteiger partial charge in [-0.2, -0.15) is 0 Å². The van der Waals surface area contributed by atoms with Gasteiger partial charge < -0.3 is 5.73 Å². The molecule has 2 N–H and O–H groups in total. The number of benzene rings is 2. The van der Waals surface area contributed by atoms with Crippen LogP contribution in [-0.4, -0.2) is 20.2 Å². The number of tetrazole rings is 1. The van der Waals surface area contributed by atoms with Crippen molar-refractivity contribution >= 4 is 5.69 Å². The number of nitrogens with zero attached hydrogens (tertiary/aromatic N) is 4. The number of hydrogen-bond acceptors (Lipinski definition) is 4. The van der Waals surface area contributed by atoms with Gasteiger partial charge in [0, 0.05) is 5.56 Å². The maximum atomic E-state index is 13.3. The third-order valence-electron chi connectivity index (χ3n) is 3.40. The van der Waals surface area contributed by atoms with Gasteiger partial charge in [-0.25, -0.2) is 9.07 Å². The minimum Gasteiger partial charge on any atom is -0.396 e. The number of rotatable bonds is 3. The van der Waals surface area contributed by atoms with E-state index in [1.165, 1.54) is 12.1 Å². The largest absolute Gasteiger partial charge is 0.396 e. The highest BCUT2D eigenvalue weighted by Gasteiger charge is 2.16. The maximum Gasteiger partial charge on any atom is 0.182 e. The number of aromatic nitrogens is 4. The van der Waals surface area contributed by atoms with Crippen molar-refractivity contribution in [3.05, 3.63) is 59.9 Å². The van der Waals surface area contributed by atoms with Crippen LogP contribution in [0.3, 0.4) is 0 Å². The first-order chi connectivity index (χ1) is 10.2. The van der Waals surface area contributed by atoms with E-state index in [9.17, 15) is 4.39 Å². The molecule has 106 valence electrons. The lowest BCUT2D eigenvalue weighted by molar-refractivity contribution is 0.548. The first-order valence-electron chi connectivity index (χ1n) is 6.55. The molecule has 0 aliphatic rings. The van der Waals surface area contributed by atoms with Gasteiger partial charge in [-0.15, -0.1) is 5.10 Å². The molecule has 0 saturated heterocycles. The molecule has 1 heterocycles. The van der Waals surface area contributed by atoms with Gasteiger partial charge in [0.05, 0.1) is 11.7 Å². The van der Waals surface area contributed by atoms with Crippen molar-refractivity contribution in [1.29, 1.82) is 0 Å². The fourth-order valence-corrected chi connectivity index (χ4v) is 2.20. The predicted octanol–water partition coefficient (Wildman–Crippen LogP) is 2.67. The van der Waals surface area contributed by atoms with Crippen LogP contribution in [0.4, 0.5) is 10.1 Å². The minimum absolute atomic E-state index is 0.0394. The molecule has 21 heavy (non-hydrogen) atoms. The summed E-state index contributed by atoms with van der Waals surface area (Å²) < 4.78 is 15.0. The quantitative estimate of drug-likeness (QED) is 0.750. The molecule has 1 aromatic heterocycles. The second-order valence-electron chi connectivity index (χ2n) is 4.77. The third-order valence-corrected chi connectivity index (χ3v) is 3.40. The number of hydrogen-bond donors (Lipinski definition) is 1. The summed E-state index contributed by atoms with van der Waals surface area (Å²) in [4.78, 5) is 0. The van der Waals surface area contributed by atoms with Crippen LogP contribution in [0.5, 0.6) is 0 Å². The zero-order valence-corrected chi connectivity index (χ0v) is 11.4. The lowest BCUT2D eigenvalue weighted by Gasteiger charge is -2.14. The Bertz CT molecular complexity index is 754. The number of anilines is 1. The smallest absolute Gasteiger partial charge is 0.182 e. The molecule has 2 aromatic carbocycles. The zero-order valence-electron chi connectivity index (χ0n) is 11.4. The van der Waals surface area contributed by atoms with Gasteiger partial charge in [0.1, 0.15) is 5.82 Å². The Labute approximate surface area is 121 Å². The molecule has 0 radical (unpaired) electrons. The summed E-state index contributed by atoms with van der Waals surface area (Å²) in [5.74, 6) is 0.104. The van der Waals surface area contributed by atoms with Gasteiger partial charge >= 0.3 is 0 Å². The van der Waals surface area contributed by atoms with Crippen molar-refractivity contribution < 1.29 is 4.39 Å². The minimum atomic E-state index is -0.450. The third kappa shape index (κ3) is 2.47. The molecule has 0 saturated carbocycles. The van der Waals surface area contributed by atoms with Gasteiger partial charge in [-0.3, -0.25) is 0 Å². The summed E-state index contributed by atoms with van der Waals surface area (Å²) in [7, 11) is 0. The summed E-state index contributed by atoms with van der Waals surface area (Å²) in [6, 6.07) is 14.3. The van der Waals surface area contributed by atoms with Gasteiger partial charge in [0.2, 0.25) is 0 Å². The molecule has 0 fully saturated rings. The standard InChI is InChI=1S/C15H14FN5/c1-10(11-5-3-2-4-6-11)21-15(18-19-20-21)12-7-8-13(16)14(17)9-12/h2-10H,17H2,1H3. The highest BCUT2D eigenvalue weighted by molar-refractivity contribution is 5.61. The number of nitrogen functional groups attached to an aromatic ring is 1. The van der Waals surface area contributed by atoms with E-state index in [1.54, 1.807) is 10.7 Å². The fourth-order valence-electron chi connectivity index (χ4n) is 2.20. The van der Waals surface area contributed by atoms with Crippen LogP contribution in [-0.2, 0) is 0 Å². The summed E-state index contributed by atoms with van der Waals surface area (Å²) >= 11 is 0. The van der Waals surface area contributed by atoms with Gasteiger partial charge in [-0.05, 0) is 41.1 Å². The van der Waals surface area contributed by atoms with Crippen LogP contribution in [0, 0.1) is 5.82 Å². The van der Waals surface area contributed by atoms with Crippen molar-refractivity contribution in [2.24, 2.45) is 0 Å². The van der Waals surface area contributed by atoms with Crippen molar-refractivity contribution in [3.63, 3.8) is 0 Å². The van der Waals surface area contributed by atoms with Crippen molar-refractivity contribution in [2.45, 2.75) is 13.0 Å². The summed E-state index contributed by atoms with van der Waals surface area (Å²) in [6.07, 6.45) is 0. The first-order valence-corrected chi connectivity index (χ1v) is 6.55. The maximum absolute atomic E-state index is 13.3. The molecule has 5 nitrogen and oxygen atoms in total. The Kier molecular flexibility index (Phi) is 3.35. The molecule has 0 amide bonds. The van der Waals surface area contributed by atoms with Crippen molar-refractivity contribution in [3.8, 4) is 11.4 Å². The van der Waals surface area contributed by atoms with Crippen molar-refractivity contribution in [1.82, 2.24) is 20.2 Å². The molecule has 1 unspecified atom stereocenters. The normalized spacial score (nSPS) is 12.3. The Morgan fingerprint density at radius 3 is 2.62 bits per heavy atom. The van der Waals surface area contributed by atoms with E-state index in [4.69, 9.17) is 5.73 Å². The summed E-state index contributed by atoms with van der Waals surface area (Å²) in [6.45, 7) is 2.00. The molecule has 0 aliphatic heterocycles. The topological polar surface area (TPSA) is 69.6 Å². The second kappa shape index (κ2) is 5.32. The summed E-state index contributed by atoms with van der Waals surface area (Å²) in [5.41, 5.74) is 7.46. The number of nitrogens with two attached hydrogens (primary N) is 1. The average molecular weight is 283 g/mol. The van der Waals surface area contributed by atoms with Gasteiger partial charge in [-0.1, -0.05) is 30.3 Å². The van der Waals surface area contributed by atoms with Crippen molar-refractivity contribution in [2.75, 3.05) is 5.73 Å². The van der Waals surface area contributed by atoms with Crippen LogP contribution >= 0.6 is 0 Å². The molecule has 3 aromatic rings. The van der Waals surface area contributed by atoms with Crippen LogP contribution in [0.15, 0.2) is 48.5 Å². The number of halogens is 1. The molecule has 3 rings (SSSR count). The molecular formula is C15H14FN5. The van der Waals surface area contributed by atoms with Crippen LogP contribution in [0.1, 0.15) is 18.5 Å². The Balaban J connectivity index is 2.03. The zero-order chi connectivity index (χ0) is 14.8. The van der Waals surface area contributed by atoms with Crippen LogP contribution < -0.4 is 5.73 Å². The lowest BCUT2D eigenvalue weighted by atomic mass is 10.1. The monoisotopic (exact) mass is 283 g/mol. The van der Waals surface area contributed by atoms with Gasteiger partial charge in [0.15, 0.2) is 5.82 Å². The van der Waals surface area contributed by atoms with E-state index >= 15 is 0 Å². The lowest BCUT2D eigenvalue weighted by Crippen LogP contribution is -2.10. The van der Waals surface area contributed by atoms with E-state index in [0.717, 1.165) is 5.56 Å². The molecular weight excluding hydrogens is 269 g/mol. The van der Waals surface area contributed by atoms with E-state index in [0.29, 0.717) is 11.4 Å². The first kappa shape index (κ1) is 13.2. The van der Waals surface area contributed by atoms with Gasteiger partial charge in [0.25, 0.3) is 0 Å². The van der Waals surface area contributed by atoms with Crippen LogP contribution in [0.2, 0.25) is 0 Å². The molecule has 6 heteroatoms. The van der Waals surface area contributed by atoms with E-state index in [1.807, 2.05) is 37.3 Å². The van der Waals surface area contributed by atoms with E-state index in [2.05, 4.69) is 15.5 Å². The molecule has 0 spiro atoms. The second-order valence-corrected chi connectivity index (χ2v) is 4.77. The predicted molar refractivity (Wildman–Crippen MR) is 77.9 cm³/mol. The Morgan fingerprint density at radius 1 is 1.14 bits per heavy atom. The highest BCUT2D eigenvalue weighted by Crippen LogP contribution is 2.25. The fraction of sp³-hybridized carbons (Fsp3) is 0.133. The van der Waals surface area contributed by atoms with E-state index in [-0.39, 0.29) is 11.7 Å². The Morgan fingerprint density at radius 2 is 1.90 bits per heavy atom. The SMILES string of the molecule is CC(c1ccccc1)n1nnnc1-c1ccc(F)c(N)c1.